The first-order valence-electron chi connectivity index (χ1n) is 6.96. The van der Waals surface area contributed by atoms with Crippen molar-refractivity contribution in [1.29, 1.82) is 0 Å². The Labute approximate surface area is 119 Å². The average molecular weight is 286 g/mol. The summed E-state index contributed by atoms with van der Waals surface area (Å²) in [7, 11) is 0. The smallest absolute Gasteiger partial charge is 0.142 e. The molecule has 0 unspecified atom stereocenters. The first-order valence-corrected chi connectivity index (χ1v) is 7.34. The Morgan fingerprint density at radius 3 is 2.74 bits per heavy atom. The van der Waals surface area contributed by atoms with Crippen molar-refractivity contribution >= 4 is 11.6 Å². The van der Waals surface area contributed by atoms with E-state index in [1.807, 2.05) is 0 Å². The Bertz CT molecular complexity index is 405. The summed E-state index contributed by atoms with van der Waals surface area (Å²) in [6.07, 6.45) is 5.13. The van der Waals surface area contributed by atoms with Crippen LogP contribution in [0.3, 0.4) is 0 Å². The lowest BCUT2D eigenvalue weighted by Crippen LogP contribution is -2.35. The lowest BCUT2D eigenvalue weighted by molar-refractivity contribution is 0.270. The molecule has 1 aliphatic rings. The normalized spacial score (nSPS) is 23.3. The highest BCUT2D eigenvalue weighted by Gasteiger charge is 2.17. The van der Waals surface area contributed by atoms with Crippen LogP contribution in [0.15, 0.2) is 18.2 Å². The van der Waals surface area contributed by atoms with Crippen LogP contribution in [0.5, 0.6) is 5.75 Å². The number of hydrogen-bond acceptors (Lipinski definition) is 2. The molecular weight excluding hydrogens is 265 g/mol. The van der Waals surface area contributed by atoms with Gasteiger partial charge in [0, 0.05) is 18.7 Å². The van der Waals surface area contributed by atoms with Gasteiger partial charge in [-0.15, -0.1) is 0 Å². The fraction of sp³-hybridized carbons (Fsp3) is 0.600. The van der Waals surface area contributed by atoms with Crippen molar-refractivity contribution < 1.29 is 9.13 Å². The maximum atomic E-state index is 13.0. The van der Waals surface area contributed by atoms with Gasteiger partial charge in [-0.3, -0.25) is 0 Å². The molecule has 0 aromatic heterocycles. The molecule has 0 amide bonds. The van der Waals surface area contributed by atoms with Crippen molar-refractivity contribution in [1.82, 2.24) is 5.32 Å². The summed E-state index contributed by atoms with van der Waals surface area (Å²) in [5.41, 5.74) is 0. The van der Waals surface area contributed by atoms with Crippen molar-refractivity contribution in [2.24, 2.45) is 5.92 Å². The van der Waals surface area contributed by atoms with Crippen LogP contribution in [-0.4, -0.2) is 19.2 Å². The lowest BCUT2D eigenvalue weighted by Gasteiger charge is -2.27. The van der Waals surface area contributed by atoms with Crippen molar-refractivity contribution in [3.8, 4) is 5.75 Å². The van der Waals surface area contributed by atoms with Gasteiger partial charge in [-0.25, -0.2) is 4.39 Å². The molecule has 0 heterocycles. The van der Waals surface area contributed by atoms with Crippen LogP contribution in [0.4, 0.5) is 4.39 Å². The third-order valence-corrected chi connectivity index (χ3v) is 4.00. The van der Waals surface area contributed by atoms with Gasteiger partial charge in [-0.1, -0.05) is 18.5 Å². The Morgan fingerprint density at radius 2 is 2.05 bits per heavy atom. The number of halogens is 2. The average Bonchev–Trinajstić information content (AvgIpc) is 2.41. The zero-order valence-corrected chi connectivity index (χ0v) is 12.0. The van der Waals surface area contributed by atoms with Crippen LogP contribution < -0.4 is 10.1 Å². The Morgan fingerprint density at radius 1 is 1.32 bits per heavy atom. The summed E-state index contributed by atoms with van der Waals surface area (Å²) in [5, 5.41) is 3.61. The first kappa shape index (κ1) is 14.6. The maximum Gasteiger partial charge on any atom is 0.142 e. The SMILES string of the molecule is CC1CCC(NCCOc2ccc(F)c(Cl)c2)CC1. The van der Waals surface area contributed by atoms with E-state index >= 15 is 0 Å². The molecule has 1 saturated carbocycles. The van der Waals surface area contributed by atoms with Gasteiger partial charge in [0.15, 0.2) is 0 Å². The highest BCUT2D eigenvalue weighted by atomic mass is 35.5. The monoisotopic (exact) mass is 285 g/mol. The van der Waals surface area contributed by atoms with Crippen LogP contribution in [0.2, 0.25) is 5.02 Å². The third-order valence-electron chi connectivity index (χ3n) is 3.71. The molecular formula is C15H21ClFNO. The van der Waals surface area contributed by atoms with E-state index in [0.717, 1.165) is 12.5 Å². The van der Waals surface area contributed by atoms with Crippen LogP contribution >= 0.6 is 11.6 Å². The van der Waals surface area contributed by atoms with E-state index in [1.165, 1.54) is 37.8 Å². The van der Waals surface area contributed by atoms with Gasteiger partial charge in [0.1, 0.15) is 18.2 Å². The van der Waals surface area contributed by atoms with E-state index in [9.17, 15) is 4.39 Å². The predicted molar refractivity (Wildman–Crippen MR) is 76.3 cm³/mol. The topological polar surface area (TPSA) is 21.3 Å². The van der Waals surface area contributed by atoms with Crippen molar-refractivity contribution in [2.75, 3.05) is 13.2 Å². The molecule has 0 spiro atoms. The van der Waals surface area contributed by atoms with Crippen molar-refractivity contribution in [3.63, 3.8) is 0 Å². The summed E-state index contributed by atoms with van der Waals surface area (Å²) in [5.74, 6) is 1.07. The number of hydrogen-bond donors (Lipinski definition) is 1. The summed E-state index contributed by atoms with van der Waals surface area (Å²) < 4.78 is 18.5. The van der Waals surface area contributed by atoms with Crippen LogP contribution in [0.1, 0.15) is 32.6 Å². The molecule has 106 valence electrons. The van der Waals surface area contributed by atoms with E-state index in [0.29, 0.717) is 18.4 Å². The Balaban J connectivity index is 1.65. The summed E-state index contributed by atoms with van der Waals surface area (Å²) >= 11 is 5.69. The number of rotatable bonds is 5. The molecule has 2 nitrogen and oxygen atoms in total. The second-order valence-corrected chi connectivity index (χ2v) is 5.74. The van der Waals surface area contributed by atoms with Gasteiger partial charge in [-0.2, -0.15) is 0 Å². The van der Waals surface area contributed by atoms with Crippen molar-refractivity contribution in [2.45, 2.75) is 38.6 Å². The van der Waals surface area contributed by atoms with Gasteiger partial charge in [0.25, 0.3) is 0 Å². The molecule has 1 N–H and O–H groups in total. The lowest BCUT2D eigenvalue weighted by atomic mass is 9.87. The predicted octanol–water partition coefficient (Wildman–Crippen LogP) is 4.03. The molecule has 0 bridgehead atoms. The number of nitrogens with one attached hydrogen (secondary N) is 1. The zero-order valence-electron chi connectivity index (χ0n) is 11.3. The standard InChI is InChI=1S/C15H21ClFNO/c1-11-2-4-12(5-3-11)18-8-9-19-13-6-7-15(17)14(16)10-13/h6-7,10-12,18H,2-5,8-9H2,1H3. The zero-order chi connectivity index (χ0) is 13.7. The van der Waals surface area contributed by atoms with E-state index in [4.69, 9.17) is 16.3 Å². The summed E-state index contributed by atoms with van der Waals surface area (Å²) in [4.78, 5) is 0. The molecule has 0 atom stereocenters. The molecule has 1 aromatic rings. The molecule has 1 aromatic carbocycles. The quantitative estimate of drug-likeness (QED) is 0.825. The van der Waals surface area contributed by atoms with Gasteiger partial charge >= 0.3 is 0 Å². The molecule has 1 aliphatic carbocycles. The number of ether oxygens (including phenoxy) is 1. The summed E-state index contributed by atoms with van der Waals surface area (Å²) in [6.45, 7) is 3.71. The Kier molecular flexibility index (Phi) is 5.46. The van der Waals surface area contributed by atoms with E-state index < -0.39 is 5.82 Å². The molecule has 1 fully saturated rings. The van der Waals surface area contributed by atoms with Gasteiger partial charge in [-0.05, 0) is 43.7 Å². The summed E-state index contributed by atoms with van der Waals surface area (Å²) in [6, 6.07) is 5.06. The van der Waals surface area contributed by atoms with Gasteiger partial charge in [0.05, 0.1) is 5.02 Å². The van der Waals surface area contributed by atoms with E-state index in [1.54, 1.807) is 6.07 Å². The first-order chi connectivity index (χ1) is 9.15. The van der Waals surface area contributed by atoms with Crippen molar-refractivity contribution in [3.05, 3.63) is 29.0 Å². The Hall–Kier alpha value is -0.800. The second kappa shape index (κ2) is 7.11. The molecule has 19 heavy (non-hydrogen) atoms. The number of benzene rings is 1. The fourth-order valence-corrected chi connectivity index (χ4v) is 2.63. The molecule has 2 rings (SSSR count). The minimum absolute atomic E-state index is 0.103. The van der Waals surface area contributed by atoms with Gasteiger partial charge in [0.2, 0.25) is 0 Å². The van der Waals surface area contributed by atoms with Crippen LogP contribution in [-0.2, 0) is 0 Å². The second-order valence-electron chi connectivity index (χ2n) is 5.34. The van der Waals surface area contributed by atoms with Crippen LogP contribution in [0, 0.1) is 11.7 Å². The highest BCUT2D eigenvalue weighted by Crippen LogP contribution is 2.23. The maximum absolute atomic E-state index is 13.0. The van der Waals surface area contributed by atoms with E-state index in [2.05, 4.69) is 12.2 Å². The van der Waals surface area contributed by atoms with E-state index in [-0.39, 0.29) is 5.02 Å². The molecule has 4 heteroatoms. The minimum Gasteiger partial charge on any atom is -0.492 e. The van der Waals surface area contributed by atoms with Crippen LogP contribution in [0.25, 0.3) is 0 Å². The molecule has 0 aliphatic heterocycles. The molecule has 0 radical (unpaired) electrons. The largest absolute Gasteiger partial charge is 0.492 e. The molecule has 0 saturated heterocycles. The minimum atomic E-state index is -0.413. The third kappa shape index (κ3) is 4.66. The highest BCUT2D eigenvalue weighted by molar-refractivity contribution is 6.30. The van der Waals surface area contributed by atoms with Gasteiger partial charge < -0.3 is 10.1 Å². The fourth-order valence-electron chi connectivity index (χ4n) is 2.46.